The molecule has 0 radical (unpaired) electrons. The highest BCUT2D eigenvalue weighted by molar-refractivity contribution is 5.98. The maximum absolute atomic E-state index is 12.2. The summed E-state index contributed by atoms with van der Waals surface area (Å²) in [5, 5.41) is 2.61. The molecular weight excluding hydrogens is 246 g/mol. The van der Waals surface area contributed by atoms with Crippen LogP contribution in [-0.2, 0) is 9.53 Å². The minimum Gasteiger partial charge on any atom is -0.397 e. The topological polar surface area (TPSA) is 84.7 Å². The molecule has 1 aromatic rings. The highest BCUT2D eigenvalue weighted by atomic mass is 16.5. The number of carbonyl (C=O) groups excluding carboxylic acids is 2. The van der Waals surface area contributed by atoms with Crippen LogP contribution in [0.15, 0.2) is 18.2 Å². The van der Waals surface area contributed by atoms with E-state index in [0.717, 1.165) is 0 Å². The number of hydrogen-bond donors (Lipinski definition) is 2. The minimum absolute atomic E-state index is 0.0654. The molecule has 0 spiro atoms. The number of nitrogens with zero attached hydrogens (tertiary/aromatic N) is 1. The molecule has 1 aliphatic rings. The van der Waals surface area contributed by atoms with E-state index in [9.17, 15) is 9.59 Å². The van der Waals surface area contributed by atoms with Gasteiger partial charge < -0.3 is 20.7 Å². The van der Waals surface area contributed by atoms with Crippen molar-refractivity contribution >= 4 is 23.2 Å². The molecule has 0 aromatic heterocycles. The van der Waals surface area contributed by atoms with Gasteiger partial charge in [0.2, 0.25) is 5.91 Å². The van der Waals surface area contributed by atoms with Crippen LogP contribution in [0.5, 0.6) is 0 Å². The van der Waals surface area contributed by atoms with Crippen LogP contribution in [-0.4, -0.2) is 43.0 Å². The molecule has 3 N–H and O–H groups in total. The monoisotopic (exact) mass is 263 g/mol. The average Bonchev–Trinajstić information content (AvgIpc) is 2.41. The summed E-state index contributed by atoms with van der Waals surface area (Å²) in [6, 6.07) is 4.90. The van der Waals surface area contributed by atoms with E-state index in [1.54, 1.807) is 23.1 Å². The number of morpholine rings is 1. The van der Waals surface area contributed by atoms with Crippen molar-refractivity contribution in [2.24, 2.45) is 0 Å². The molecule has 1 fully saturated rings. The third kappa shape index (κ3) is 3.23. The van der Waals surface area contributed by atoms with Crippen molar-refractivity contribution in [1.29, 1.82) is 0 Å². The molecule has 6 heteroatoms. The van der Waals surface area contributed by atoms with Crippen molar-refractivity contribution in [1.82, 2.24) is 4.90 Å². The highest BCUT2D eigenvalue weighted by Gasteiger charge is 2.19. The molecule has 0 saturated carbocycles. The molecule has 1 heterocycles. The normalized spacial score (nSPS) is 15.1. The van der Waals surface area contributed by atoms with Crippen molar-refractivity contribution in [2.45, 2.75) is 6.92 Å². The Bertz CT molecular complexity index is 496. The molecule has 1 aromatic carbocycles. The zero-order valence-corrected chi connectivity index (χ0v) is 10.8. The van der Waals surface area contributed by atoms with Crippen LogP contribution in [0.3, 0.4) is 0 Å². The van der Waals surface area contributed by atoms with Crippen molar-refractivity contribution in [2.75, 3.05) is 37.4 Å². The van der Waals surface area contributed by atoms with Crippen molar-refractivity contribution < 1.29 is 14.3 Å². The van der Waals surface area contributed by atoms with E-state index in [2.05, 4.69) is 5.32 Å². The zero-order chi connectivity index (χ0) is 13.8. The van der Waals surface area contributed by atoms with E-state index in [4.69, 9.17) is 10.5 Å². The first-order chi connectivity index (χ1) is 9.08. The number of nitrogen functional groups attached to an aromatic ring is 1. The summed E-state index contributed by atoms with van der Waals surface area (Å²) in [5.74, 6) is -0.261. The van der Waals surface area contributed by atoms with E-state index in [0.29, 0.717) is 43.2 Å². The average molecular weight is 263 g/mol. The fourth-order valence-corrected chi connectivity index (χ4v) is 1.95. The molecule has 102 valence electrons. The van der Waals surface area contributed by atoms with Crippen LogP contribution >= 0.6 is 0 Å². The summed E-state index contributed by atoms with van der Waals surface area (Å²) >= 11 is 0. The van der Waals surface area contributed by atoms with Gasteiger partial charge in [-0.2, -0.15) is 0 Å². The molecular formula is C13H17N3O3. The molecule has 1 saturated heterocycles. The summed E-state index contributed by atoms with van der Waals surface area (Å²) in [6.45, 7) is 3.71. The van der Waals surface area contributed by atoms with E-state index in [-0.39, 0.29) is 11.8 Å². The first-order valence-corrected chi connectivity index (χ1v) is 6.12. The van der Waals surface area contributed by atoms with Gasteiger partial charge in [-0.25, -0.2) is 0 Å². The van der Waals surface area contributed by atoms with Crippen molar-refractivity contribution in [3.05, 3.63) is 23.8 Å². The Balaban J connectivity index is 2.14. The predicted octanol–water partition coefficient (Wildman–Crippen LogP) is 0.700. The van der Waals surface area contributed by atoms with Crippen LogP contribution in [0.2, 0.25) is 0 Å². The van der Waals surface area contributed by atoms with Gasteiger partial charge >= 0.3 is 0 Å². The van der Waals surface area contributed by atoms with E-state index < -0.39 is 0 Å². The lowest BCUT2D eigenvalue weighted by Gasteiger charge is -2.27. The van der Waals surface area contributed by atoms with Gasteiger partial charge in [0.1, 0.15) is 0 Å². The molecule has 2 rings (SSSR count). The molecule has 0 aliphatic carbocycles. The quantitative estimate of drug-likeness (QED) is 0.769. The largest absolute Gasteiger partial charge is 0.397 e. The lowest BCUT2D eigenvalue weighted by molar-refractivity contribution is -0.114. The standard InChI is InChI=1S/C13H17N3O3/c1-9(17)15-12-3-2-10(8-11(12)14)13(18)16-4-6-19-7-5-16/h2-3,8H,4-7,14H2,1H3,(H,15,17). The number of amides is 2. The molecule has 19 heavy (non-hydrogen) atoms. The Hall–Kier alpha value is -2.08. The zero-order valence-electron chi connectivity index (χ0n) is 10.8. The molecule has 0 bridgehead atoms. The number of carbonyl (C=O) groups is 2. The van der Waals surface area contributed by atoms with Crippen LogP contribution < -0.4 is 11.1 Å². The van der Waals surface area contributed by atoms with Gasteiger partial charge in [0.25, 0.3) is 5.91 Å². The number of rotatable bonds is 2. The number of nitrogens with two attached hydrogens (primary N) is 1. The smallest absolute Gasteiger partial charge is 0.254 e. The minimum atomic E-state index is -0.195. The maximum Gasteiger partial charge on any atom is 0.254 e. The second kappa shape index (κ2) is 5.71. The summed E-state index contributed by atoms with van der Waals surface area (Å²) in [5.41, 5.74) is 7.25. The van der Waals surface area contributed by atoms with E-state index in [1.807, 2.05) is 0 Å². The third-order valence-corrected chi connectivity index (χ3v) is 2.91. The summed E-state index contributed by atoms with van der Waals surface area (Å²) < 4.78 is 5.21. The van der Waals surface area contributed by atoms with Crippen LogP contribution in [0.1, 0.15) is 17.3 Å². The number of ether oxygens (including phenoxy) is 1. The van der Waals surface area contributed by atoms with Gasteiger partial charge in [-0.3, -0.25) is 9.59 Å². The van der Waals surface area contributed by atoms with Gasteiger partial charge in [0.15, 0.2) is 0 Å². The van der Waals surface area contributed by atoms with Gasteiger partial charge in [-0.05, 0) is 18.2 Å². The Kier molecular flexibility index (Phi) is 4.01. The Morgan fingerprint density at radius 3 is 2.58 bits per heavy atom. The lowest BCUT2D eigenvalue weighted by atomic mass is 10.1. The fraction of sp³-hybridized carbons (Fsp3) is 0.385. The van der Waals surface area contributed by atoms with E-state index >= 15 is 0 Å². The Labute approximate surface area is 111 Å². The first-order valence-electron chi connectivity index (χ1n) is 6.12. The van der Waals surface area contributed by atoms with Crippen LogP contribution in [0.4, 0.5) is 11.4 Å². The molecule has 2 amide bonds. The van der Waals surface area contributed by atoms with Crippen LogP contribution in [0, 0.1) is 0 Å². The van der Waals surface area contributed by atoms with Gasteiger partial charge in [0.05, 0.1) is 24.6 Å². The number of hydrogen-bond acceptors (Lipinski definition) is 4. The van der Waals surface area contributed by atoms with Crippen molar-refractivity contribution in [3.8, 4) is 0 Å². The van der Waals surface area contributed by atoms with Gasteiger partial charge in [-0.15, -0.1) is 0 Å². The summed E-state index contributed by atoms with van der Waals surface area (Å²) in [7, 11) is 0. The van der Waals surface area contributed by atoms with Crippen molar-refractivity contribution in [3.63, 3.8) is 0 Å². The summed E-state index contributed by atoms with van der Waals surface area (Å²) in [4.78, 5) is 24.9. The highest BCUT2D eigenvalue weighted by Crippen LogP contribution is 2.21. The number of benzene rings is 1. The Morgan fingerprint density at radius 2 is 2.00 bits per heavy atom. The number of nitrogens with one attached hydrogen (secondary N) is 1. The van der Waals surface area contributed by atoms with E-state index in [1.165, 1.54) is 6.92 Å². The molecule has 0 unspecified atom stereocenters. The second-order valence-electron chi connectivity index (χ2n) is 4.39. The number of anilines is 2. The van der Waals surface area contributed by atoms with Gasteiger partial charge in [-0.1, -0.05) is 0 Å². The van der Waals surface area contributed by atoms with Crippen LogP contribution in [0.25, 0.3) is 0 Å². The predicted molar refractivity (Wildman–Crippen MR) is 71.9 cm³/mol. The lowest BCUT2D eigenvalue weighted by Crippen LogP contribution is -2.40. The second-order valence-corrected chi connectivity index (χ2v) is 4.39. The molecule has 0 atom stereocenters. The Morgan fingerprint density at radius 1 is 1.32 bits per heavy atom. The maximum atomic E-state index is 12.2. The fourth-order valence-electron chi connectivity index (χ4n) is 1.95. The first kappa shape index (κ1) is 13.4. The molecule has 6 nitrogen and oxygen atoms in total. The van der Waals surface area contributed by atoms with Gasteiger partial charge in [0, 0.05) is 25.6 Å². The third-order valence-electron chi connectivity index (χ3n) is 2.91. The molecule has 1 aliphatic heterocycles. The summed E-state index contributed by atoms with van der Waals surface area (Å²) in [6.07, 6.45) is 0. The SMILES string of the molecule is CC(=O)Nc1ccc(C(=O)N2CCOCC2)cc1N.